The van der Waals surface area contributed by atoms with Gasteiger partial charge in [-0.1, -0.05) is 0 Å². The Kier molecular flexibility index (Phi) is 6.50. The van der Waals surface area contributed by atoms with Crippen molar-refractivity contribution in [3.05, 3.63) is 24.3 Å². The quantitative estimate of drug-likeness (QED) is 0.589. The number of anilines is 2. The fourth-order valence-corrected chi connectivity index (χ4v) is 2.46. The summed E-state index contributed by atoms with van der Waals surface area (Å²) in [5.41, 5.74) is 7.05. The van der Waals surface area contributed by atoms with Gasteiger partial charge in [-0.2, -0.15) is 8.42 Å². The van der Waals surface area contributed by atoms with Gasteiger partial charge in [0.05, 0.1) is 13.2 Å². The summed E-state index contributed by atoms with van der Waals surface area (Å²) in [6, 6.07) is 7.25. The molecule has 0 aliphatic carbocycles. The summed E-state index contributed by atoms with van der Waals surface area (Å²) >= 11 is 0. The average Bonchev–Trinajstić information content (AvgIpc) is 2.95. The molecule has 2 aliphatic rings. The van der Waals surface area contributed by atoms with Gasteiger partial charge in [-0.25, -0.2) is 4.79 Å². The Hall–Kier alpha value is -2.25. The van der Waals surface area contributed by atoms with E-state index in [4.69, 9.17) is 32.7 Å². The minimum Gasteiger partial charge on any atom is -0.443 e. The second-order valence-corrected chi connectivity index (χ2v) is 6.31. The molecule has 12 heteroatoms. The second-order valence-electron chi connectivity index (χ2n) is 5.41. The zero-order valence-corrected chi connectivity index (χ0v) is 14.5. The van der Waals surface area contributed by atoms with Crippen LogP contribution in [0, 0.1) is 0 Å². The van der Waals surface area contributed by atoms with Crippen LogP contribution in [0.1, 0.15) is 0 Å². The lowest BCUT2D eigenvalue weighted by Gasteiger charge is -2.27. The van der Waals surface area contributed by atoms with Gasteiger partial charge in [-0.3, -0.25) is 18.8 Å². The SMILES string of the molecule is NCC1CN(c2ccc(N3CCOCC3=O)cc2)C(=O)O1.O=S(=O)(O)O. The van der Waals surface area contributed by atoms with Gasteiger partial charge in [0.15, 0.2) is 0 Å². The van der Waals surface area contributed by atoms with E-state index in [0.717, 1.165) is 11.4 Å². The number of amides is 2. The highest BCUT2D eigenvalue weighted by Crippen LogP contribution is 2.25. The highest BCUT2D eigenvalue weighted by molar-refractivity contribution is 7.79. The molecule has 1 aromatic rings. The molecule has 2 fully saturated rings. The summed E-state index contributed by atoms with van der Waals surface area (Å²) in [6.45, 7) is 1.94. The number of rotatable bonds is 3. The fraction of sp³-hybridized carbons (Fsp3) is 0.429. The van der Waals surface area contributed by atoms with Gasteiger partial charge in [-0.05, 0) is 24.3 Å². The van der Waals surface area contributed by atoms with E-state index < -0.39 is 10.4 Å². The summed E-state index contributed by atoms with van der Waals surface area (Å²) in [4.78, 5) is 26.7. The zero-order valence-electron chi connectivity index (χ0n) is 13.6. The minimum atomic E-state index is -4.67. The van der Waals surface area contributed by atoms with E-state index in [-0.39, 0.29) is 24.7 Å². The predicted molar refractivity (Wildman–Crippen MR) is 90.5 cm³/mol. The van der Waals surface area contributed by atoms with Crippen LogP contribution in [0.3, 0.4) is 0 Å². The van der Waals surface area contributed by atoms with E-state index in [0.29, 0.717) is 26.2 Å². The number of nitrogens with two attached hydrogens (primary N) is 1. The van der Waals surface area contributed by atoms with E-state index in [2.05, 4.69) is 0 Å². The third kappa shape index (κ3) is 5.64. The molecule has 2 amide bonds. The van der Waals surface area contributed by atoms with Crippen molar-refractivity contribution in [1.29, 1.82) is 0 Å². The summed E-state index contributed by atoms with van der Waals surface area (Å²) in [5.74, 6) is -0.0576. The molecule has 0 radical (unpaired) electrons. The predicted octanol–water partition coefficient (Wildman–Crippen LogP) is -0.319. The topological polar surface area (TPSA) is 160 Å². The highest BCUT2D eigenvalue weighted by Gasteiger charge is 2.31. The van der Waals surface area contributed by atoms with Gasteiger partial charge in [0, 0.05) is 24.5 Å². The van der Waals surface area contributed by atoms with Crippen molar-refractivity contribution in [3.8, 4) is 0 Å². The van der Waals surface area contributed by atoms with Crippen LogP contribution in [-0.2, 0) is 24.7 Å². The summed E-state index contributed by atoms with van der Waals surface area (Å²) in [5, 5.41) is 0. The van der Waals surface area contributed by atoms with Crippen molar-refractivity contribution in [2.24, 2.45) is 5.73 Å². The van der Waals surface area contributed by atoms with E-state index in [1.165, 1.54) is 0 Å². The minimum absolute atomic E-state index is 0.0576. The monoisotopic (exact) mass is 389 g/mol. The van der Waals surface area contributed by atoms with E-state index >= 15 is 0 Å². The van der Waals surface area contributed by atoms with Crippen LogP contribution in [0.25, 0.3) is 0 Å². The maximum absolute atomic E-state index is 11.8. The van der Waals surface area contributed by atoms with Gasteiger partial charge in [-0.15, -0.1) is 0 Å². The van der Waals surface area contributed by atoms with Crippen LogP contribution in [-0.4, -0.2) is 68.5 Å². The van der Waals surface area contributed by atoms with Gasteiger partial charge in [0.2, 0.25) is 0 Å². The van der Waals surface area contributed by atoms with Crippen molar-refractivity contribution >= 4 is 33.8 Å². The van der Waals surface area contributed by atoms with E-state index in [1.54, 1.807) is 21.9 Å². The molecule has 4 N–H and O–H groups in total. The Labute approximate surface area is 149 Å². The molecule has 11 nitrogen and oxygen atoms in total. The Morgan fingerprint density at radius 1 is 1.12 bits per heavy atom. The molecule has 0 bridgehead atoms. The van der Waals surface area contributed by atoms with Crippen molar-refractivity contribution < 1.29 is 36.6 Å². The largest absolute Gasteiger partial charge is 0.443 e. The Bertz CT molecular complexity index is 744. The Morgan fingerprint density at radius 3 is 2.12 bits per heavy atom. The molecule has 0 spiro atoms. The van der Waals surface area contributed by atoms with Gasteiger partial charge >= 0.3 is 16.5 Å². The standard InChI is InChI=1S/C14H17N3O4.H2O4S/c15-7-12-8-17(14(19)21-12)11-3-1-10(2-4-11)16-5-6-20-9-13(16)18;1-5(2,3)4/h1-4,12H,5-9,15H2;(H2,1,2,3,4). The number of cyclic esters (lactones) is 1. The number of ether oxygens (including phenoxy) is 2. The first-order valence-electron chi connectivity index (χ1n) is 7.55. The van der Waals surface area contributed by atoms with Crippen LogP contribution < -0.4 is 15.5 Å². The van der Waals surface area contributed by atoms with Crippen LogP contribution in [0.5, 0.6) is 0 Å². The van der Waals surface area contributed by atoms with Crippen LogP contribution in [0.2, 0.25) is 0 Å². The lowest BCUT2D eigenvalue weighted by atomic mass is 10.2. The van der Waals surface area contributed by atoms with E-state index in [1.807, 2.05) is 12.1 Å². The third-order valence-corrected chi connectivity index (χ3v) is 3.60. The number of carbonyl (C=O) groups is 2. The molecule has 2 heterocycles. The molecule has 1 atom stereocenters. The molecule has 3 rings (SSSR count). The molecule has 1 aromatic carbocycles. The van der Waals surface area contributed by atoms with Crippen LogP contribution in [0.4, 0.5) is 16.2 Å². The van der Waals surface area contributed by atoms with Crippen molar-refractivity contribution in [1.82, 2.24) is 0 Å². The summed E-state index contributed by atoms with van der Waals surface area (Å²) < 4.78 is 41.8. The maximum Gasteiger partial charge on any atom is 0.414 e. The summed E-state index contributed by atoms with van der Waals surface area (Å²) in [7, 11) is -4.67. The molecular weight excluding hydrogens is 370 g/mol. The first kappa shape index (κ1) is 20.1. The number of hydrogen-bond donors (Lipinski definition) is 3. The molecule has 2 aliphatic heterocycles. The van der Waals surface area contributed by atoms with Crippen molar-refractivity contribution in [2.45, 2.75) is 6.10 Å². The number of carbonyl (C=O) groups excluding carboxylic acids is 2. The average molecular weight is 389 g/mol. The third-order valence-electron chi connectivity index (χ3n) is 3.60. The highest BCUT2D eigenvalue weighted by atomic mass is 32.3. The Balaban J connectivity index is 0.000000431. The molecular formula is C14H19N3O8S. The van der Waals surface area contributed by atoms with Crippen molar-refractivity contribution in [3.63, 3.8) is 0 Å². The Morgan fingerprint density at radius 2 is 1.65 bits per heavy atom. The molecule has 2 saturated heterocycles. The summed E-state index contributed by atoms with van der Waals surface area (Å²) in [6.07, 6.45) is -0.654. The maximum atomic E-state index is 11.8. The molecule has 26 heavy (non-hydrogen) atoms. The number of hydrogen-bond acceptors (Lipinski definition) is 7. The second kappa shape index (κ2) is 8.42. The molecule has 1 unspecified atom stereocenters. The molecule has 144 valence electrons. The lowest BCUT2D eigenvalue weighted by molar-refractivity contribution is -0.125. The number of benzene rings is 1. The lowest BCUT2D eigenvalue weighted by Crippen LogP contribution is -2.41. The van der Waals surface area contributed by atoms with Crippen LogP contribution >= 0.6 is 0 Å². The molecule has 0 aromatic heterocycles. The normalized spacial score (nSPS) is 20.5. The first-order chi connectivity index (χ1) is 12.2. The van der Waals surface area contributed by atoms with E-state index in [9.17, 15) is 9.59 Å². The fourth-order valence-electron chi connectivity index (χ4n) is 2.46. The number of morpholine rings is 1. The smallest absolute Gasteiger partial charge is 0.414 e. The number of nitrogens with zero attached hydrogens (tertiary/aromatic N) is 2. The van der Waals surface area contributed by atoms with Gasteiger partial charge in [0.1, 0.15) is 12.7 Å². The van der Waals surface area contributed by atoms with Crippen molar-refractivity contribution in [2.75, 3.05) is 42.6 Å². The van der Waals surface area contributed by atoms with Crippen LogP contribution in [0.15, 0.2) is 24.3 Å². The first-order valence-corrected chi connectivity index (χ1v) is 8.95. The molecule has 0 saturated carbocycles. The van der Waals surface area contributed by atoms with Gasteiger partial charge < -0.3 is 20.1 Å². The zero-order chi connectivity index (χ0) is 19.3. The van der Waals surface area contributed by atoms with Gasteiger partial charge in [0.25, 0.3) is 5.91 Å².